The van der Waals surface area contributed by atoms with Crippen LogP contribution in [0.15, 0.2) is 23.4 Å². The molecular formula is C13H16N2O3. The number of carbonyl (C=O) groups excluding carboxylic acids is 1. The Hall–Kier alpha value is -2.04. The summed E-state index contributed by atoms with van der Waals surface area (Å²) in [4.78, 5) is 11.0. The second-order valence-corrected chi connectivity index (χ2v) is 4.34. The zero-order valence-corrected chi connectivity index (χ0v) is 10.2. The summed E-state index contributed by atoms with van der Waals surface area (Å²) in [5, 5.41) is 12.3. The average Bonchev–Trinajstić information content (AvgIpc) is 2.38. The van der Waals surface area contributed by atoms with Crippen molar-refractivity contribution in [2.75, 3.05) is 0 Å². The van der Waals surface area contributed by atoms with Crippen LogP contribution in [0.25, 0.3) is 0 Å². The third-order valence-corrected chi connectivity index (χ3v) is 3.11. The first-order chi connectivity index (χ1) is 8.63. The molecule has 1 aromatic rings. The Balaban J connectivity index is 2.36. The molecule has 18 heavy (non-hydrogen) atoms. The van der Waals surface area contributed by atoms with Crippen LogP contribution in [0.4, 0.5) is 0 Å². The van der Waals surface area contributed by atoms with Crippen molar-refractivity contribution in [3.05, 3.63) is 29.3 Å². The fourth-order valence-electron chi connectivity index (χ4n) is 2.12. The second kappa shape index (κ2) is 5.08. The van der Waals surface area contributed by atoms with Gasteiger partial charge in [-0.1, -0.05) is 17.3 Å². The highest BCUT2D eigenvalue weighted by Gasteiger charge is 2.21. The molecule has 0 fully saturated rings. The van der Waals surface area contributed by atoms with E-state index >= 15 is 0 Å². The van der Waals surface area contributed by atoms with Gasteiger partial charge in [0, 0.05) is 11.1 Å². The monoisotopic (exact) mass is 248 g/mol. The molecule has 1 aliphatic rings. The average molecular weight is 248 g/mol. The molecule has 1 aliphatic carbocycles. The second-order valence-electron chi connectivity index (χ2n) is 4.34. The number of fused-ring (bicyclic) bond motifs is 1. The van der Waals surface area contributed by atoms with Crippen molar-refractivity contribution in [1.82, 2.24) is 0 Å². The first kappa shape index (κ1) is 12.4. The van der Waals surface area contributed by atoms with Gasteiger partial charge < -0.3 is 15.7 Å². The van der Waals surface area contributed by atoms with Gasteiger partial charge in [-0.25, -0.2) is 0 Å². The number of benzene rings is 1. The first-order valence-electron chi connectivity index (χ1n) is 5.92. The van der Waals surface area contributed by atoms with Crippen LogP contribution >= 0.6 is 0 Å². The summed E-state index contributed by atoms with van der Waals surface area (Å²) in [5.41, 5.74) is 7.71. The summed E-state index contributed by atoms with van der Waals surface area (Å²) in [6, 6.07) is 5.52. The largest absolute Gasteiger partial charge is 0.481 e. The zero-order valence-electron chi connectivity index (χ0n) is 10.2. The van der Waals surface area contributed by atoms with E-state index in [-0.39, 0.29) is 0 Å². The quantitative estimate of drug-likeness (QED) is 0.627. The van der Waals surface area contributed by atoms with Gasteiger partial charge in [0.1, 0.15) is 5.75 Å². The lowest BCUT2D eigenvalue weighted by Crippen LogP contribution is -2.31. The summed E-state index contributed by atoms with van der Waals surface area (Å²) in [5.74, 6) is 0.138. The predicted octanol–water partition coefficient (Wildman–Crippen LogP) is 1.45. The number of primary amides is 1. The minimum absolute atomic E-state index is 0.500. The van der Waals surface area contributed by atoms with Crippen LogP contribution < -0.4 is 10.5 Å². The maximum absolute atomic E-state index is 11.0. The fraction of sp³-hybridized carbons (Fsp3) is 0.385. The summed E-state index contributed by atoms with van der Waals surface area (Å²) in [7, 11) is 0. The predicted molar refractivity (Wildman–Crippen MR) is 67.0 cm³/mol. The minimum atomic E-state index is -0.673. The van der Waals surface area contributed by atoms with Gasteiger partial charge in [0.15, 0.2) is 6.10 Å². The molecule has 2 rings (SSSR count). The summed E-state index contributed by atoms with van der Waals surface area (Å²) >= 11 is 0. The summed E-state index contributed by atoms with van der Waals surface area (Å²) < 4.78 is 5.56. The number of nitrogens with zero attached hydrogens (tertiary/aromatic N) is 1. The van der Waals surface area contributed by atoms with Crippen LogP contribution in [0.3, 0.4) is 0 Å². The highest BCUT2D eigenvalue weighted by Crippen LogP contribution is 2.30. The van der Waals surface area contributed by atoms with Gasteiger partial charge in [0.05, 0.1) is 5.71 Å². The number of amides is 1. The minimum Gasteiger partial charge on any atom is -0.481 e. The van der Waals surface area contributed by atoms with Crippen LogP contribution in [0.2, 0.25) is 0 Å². The topological polar surface area (TPSA) is 84.9 Å². The Morgan fingerprint density at radius 2 is 2.28 bits per heavy atom. The van der Waals surface area contributed by atoms with Crippen LogP contribution in [0.5, 0.6) is 5.75 Å². The maximum Gasteiger partial charge on any atom is 0.258 e. The van der Waals surface area contributed by atoms with Crippen molar-refractivity contribution in [2.24, 2.45) is 10.9 Å². The molecule has 0 radical (unpaired) electrons. The van der Waals surface area contributed by atoms with Gasteiger partial charge in [0.2, 0.25) is 0 Å². The van der Waals surface area contributed by atoms with E-state index in [1.54, 1.807) is 13.0 Å². The van der Waals surface area contributed by atoms with Gasteiger partial charge in [-0.15, -0.1) is 0 Å². The molecule has 0 saturated carbocycles. The number of carbonyl (C=O) groups is 1. The van der Waals surface area contributed by atoms with Crippen molar-refractivity contribution >= 4 is 11.6 Å². The van der Waals surface area contributed by atoms with Gasteiger partial charge >= 0.3 is 0 Å². The molecule has 96 valence electrons. The van der Waals surface area contributed by atoms with Crippen molar-refractivity contribution in [1.29, 1.82) is 0 Å². The fourth-order valence-corrected chi connectivity index (χ4v) is 2.12. The number of nitrogens with two attached hydrogens (primary N) is 1. The van der Waals surface area contributed by atoms with E-state index in [0.29, 0.717) is 11.5 Å². The standard InChI is InChI=1S/C13H16N2O3/c1-8(13(14)16)18-12-7-3-4-9-10(12)5-2-6-11(9)15-17/h3-4,7-8,17H,2,5-6H2,1H3,(H2,14,16). The molecule has 0 saturated heterocycles. The Morgan fingerprint density at radius 3 is 2.94 bits per heavy atom. The van der Waals surface area contributed by atoms with E-state index in [0.717, 1.165) is 30.4 Å². The first-order valence-corrected chi connectivity index (χ1v) is 5.92. The Bertz CT molecular complexity index is 497. The lowest BCUT2D eigenvalue weighted by Gasteiger charge is -2.21. The molecule has 3 N–H and O–H groups in total. The molecule has 0 heterocycles. The van der Waals surface area contributed by atoms with Crippen LogP contribution in [-0.4, -0.2) is 22.9 Å². The number of hydrogen-bond donors (Lipinski definition) is 2. The van der Waals surface area contributed by atoms with Gasteiger partial charge in [-0.2, -0.15) is 0 Å². The molecule has 0 aliphatic heterocycles. The van der Waals surface area contributed by atoms with E-state index in [4.69, 9.17) is 15.7 Å². The third-order valence-electron chi connectivity index (χ3n) is 3.11. The summed E-state index contributed by atoms with van der Waals surface area (Å²) in [6.45, 7) is 1.62. The van der Waals surface area contributed by atoms with Crippen molar-refractivity contribution in [2.45, 2.75) is 32.3 Å². The number of rotatable bonds is 3. The molecule has 1 atom stereocenters. The molecule has 5 nitrogen and oxygen atoms in total. The van der Waals surface area contributed by atoms with Crippen LogP contribution in [0, 0.1) is 0 Å². The Morgan fingerprint density at radius 1 is 1.50 bits per heavy atom. The third kappa shape index (κ3) is 2.30. The number of hydrogen-bond acceptors (Lipinski definition) is 4. The summed E-state index contributed by atoms with van der Waals surface area (Å²) in [6.07, 6.45) is 1.82. The number of ether oxygens (including phenoxy) is 1. The molecule has 0 aromatic heterocycles. The molecule has 0 bridgehead atoms. The lowest BCUT2D eigenvalue weighted by atomic mass is 9.89. The van der Waals surface area contributed by atoms with Crippen molar-refractivity contribution in [3.8, 4) is 5.75 Å². The van der Waals surface area contributed by atoms with Gasteiger partial charge in [0.25, 0.3) is 5.91 Å². The van der Waals surface area contributed by atoms with E-state index in [1.807, 2.05) is 12.1 Å². The smallest absolute Gasteiger partial charge is 0.258 e. The molecule has 1 unspecified atom stereocenters. The normalized spacial score (nSPS) is 18.2. The number of oxime groups is 1. The van der Waals surface area contributed by atoms with Crippen molar-refractivity contribution < 1.29 is 14.7 Å². The molecule has 1 amide bonds. The molecule has 5 heteroatoms. The van der Waals surface area contributed by atoms with E-state index in [1.165, 1.54) is 0 Å². The SMILES string of the molecule is CC(Oc1cccc2c1CCCC2=NO)C(N)=O. The van der Waals surface area contributed by atoms with E-state index in [2.05, 4.69) is 5.16 Å². The van der Waals surface area contributed by atoms with Gasteiger partial charge in [-0.3, -0.25) is 4.79 Å². The Kier molecular flexibility index (Phi) is 3.50. The highest BCUT2D eigenvalue weighted by atomic mass is 16.5. The van der Waals surface area contributed by atoms with E-state index in [9.17, 15) is 4.79 Å². The molecule has 1 aromatic carbocycles. The highest BCUT2D eigenvalue weighted by molar-refractivity contribution is 6.02. The van der Waals surface area contributed by atoms with Gasteiger partial charge in [-0.05, 0) is 32.3 Å². The Labute approximate surface area is 105 Å². The molecule has 0 spiro atoms. The van der Waals surface area contributed by atoms with E-state index < -0.39 is 12.0 Å². The maximum atomic E-state index is 11.0. The zero-order chi connectivity index (χ0) is 13.1. The van der Waals surface area contributed by atoms with Crippen molar-refractivity contribution in [3.63, 3.8) is 0 Å². The van der Waals surface area contributed by atoms with Crippen LogP contribution in [0.1, 0.15) is 30.9 Å². The lowest BCUT2D eigenvalue weighted by molar-refractivity contribution is -0.124. The van der Waals surface area contributed by atoms with Crippen LogP contribution in [-0.2, 0) is 11.2 Å². The molecular weight excluding hydrogens is 232 g/mol.